The van der Waals surface area contributed by atoms with Gasteiger partial charge in [-0.05, 0) is 42.3 Å². The zero-order valence-corrected chi connectivity index (χ0v) is 12.4. The van der Waals surface area contributed by atoms with E-state index in [1.54, 1.807) is 24.3 Å². The van der Waals surface area contributed by atoms with Crippen molar-refractivity contribution in [2.75, 3.05) is 5.32 Å². The number of carbonyl (C=O) groups excluding carboxylic acids is 1. The Balaban J connectivity index is 1.92. The highest BCUT2D eigenvalue weighted by Gasteiger charge is 2.06. The average Bonchev–Trinajstić information content (AvgIpc) is 2.43. The molecule has 0 aliphatic carbocycles. The van der Waals surface area contributed by atoms with Crippen LogP contribution < -0.4 is 10.6 Å². The average molecular weight is 309 g/mol. The summed E-state index contributed by atoms with van der Waals surface area (Å²) < 4.78 is 0. The van der Waals surface area contributed by atoms with Gasteiger partial charge in [0.2, 0.25) is 0 Å². The maximum Gasteiger partial charge on any atom is 0.319 e. The Bertz CT molecular complexity index is 612. The van der Waals surface area contributed by atoms with E-state index in [-0.39, 0.29) is 6.03 Å². The van der Waals surface area contributed by atoms with E-state index < -0.39 is 0 Å². The minimum Gasteiger partial charge on any atom is -0.334 e. The van der Waals surface area contributed by atoms with Gasteiger partial charge in [-0.1, -0.05) is 41.4 Å². The molecule has 0 aromatic heterocycles. The molecule has 2 amide bonds. The molecule has 3 nitrogen and oxygen atoms in total. The van der Waals surface area contributed by atoms with Gasteiger partial charge in [0.25, 0.3) is 0 Å². The fourth-order valence-corrected chi connectivity index (χ4v) is 1.99. The summed E-state index contributed by atoms with van der Waals surface area (Å²) >= 11 is 11.8. The van der Waals surface area contributed by atoms with Gasteiger partial charge in [0.05, 0.1) is 0 Å². The normalized spacial score (nSPS) is 10.2. The summed E-state index contributed by atoms with van der Waals surface area (Å²) in [6, 6.07) is 12.4. The van der Waals surface area contributed by atoms with Crippen LogP contribution in [0.5, 0.6) is 0 Å². The summed E-state index contributed by atoms with van der Waals surface area (Å²) in [5, 5.41) is 6.85. The molecule has 2 aromatic rings. The lowest BCUT2D eigenvalue weighted by atomic mass is 10.2. The second-order valence-electron chi connectivity index (χ2n) is 4.35. The predicted octanol–water partition coefficient (Wildman–Crippen LogP) is 4.62. The topological polar surface area (TPSA) is 41.1 Å². The molecule has 20 heavy (non-hydrogen) atoms. The highest BCUT2D eigenvalue weighted by Crippen LogP contribution is 2.22. The number of urea groups is 1. The number of carbonyl (C=O) groups is 1. The van der Waals surface area contributed by atoms with Gasteiger partial charge in [0.15, 0.2) is 0 Å². The molecule has 0 saturated heterocycles. The van der Waals surface area contributed by atoms with E-state index in [1.165, 1.54) is 0 Å². The van der Waals surface area contributed by atoms with E-state index in [9.17, 15) is 4.79 Å². The van der Waals surface area contributed by atoms with Gasteiger partial charge in [0.1, 0.15) is 0 Å². The number of rotatable bonds is 3. The van der Waals surface area contributed by atoms with Gasteiger partial charge >= 0.3 is 6.03 Å². The smallest absolute Gasteiger partial charge is 0.319 e. The second-order valence-corrected chi connectivity index (χ2v) is 5.19. The highest BCUT2D eigenvalue weighted by molar-refractivity contribution is 6.31. The van der Waals surface area contributed by atoms with Crippen LogP contribution in [-0.4, -0.2) is 6.03 Å². The van der Waals surface area contributed by atoms with Gasteiger partial charge in [-0.25, -0.2) is 4.79 Å². The molecule has 0 heterocycles. The zero-order chi connectivity index (χ0) is 14.5. The summed E-state index contributed by atoms with van der Waals surface area (Å²) in [5.41, 5.74) is 2.52. The molecule has 2 aromatic carbocycles. The van der Waals surface area contributed by atoms with Crippen LogP contribution in [0.15, 0.2) is 42.5 Å². The number of hydrogen-bond acceptors (Lipinski definition) is 1. The van der Waals surface area contributed by atoms with Gasteiger partial charge in [0, 0.05) is 22.3 Å². The molecule has 0 spiro atoms. The van der Waals surface area contributed by atoms with E-state index >= 15 is 0 Å². The molecule has 5 heteroatoms. The van der Waals surface area contributed by atoms with Crippen LogP contribution >= 0.6 is 23.2 Å². The van der Waals surface area contributed by atoms with Gasteiger partial charge < -0.3 is 10.6 Å². The van der Waals surface area contributed by atoms with Crippen molar-refractivity contribution in [3.8, 4) is 0 Å². The van der Waals surface area contributed by atoms with Crippen molar-refractivity contribution in [1.82, 2.24) is 5.32 Å². The zero-order valence-electron chi connectivity index (χ0n) is 10.9. The van der Waals surface area contributed by atoms with Gasteiger partial charge in [-0.15, -0.1) is 0 Å². The second kappa shape index (κ2) is 6.64. The molecular formula is C15H14Cl2N2O. The third-order valence-corrected chi connectivity index (χ3v) is 3.54. The molecular weight excluding hydrogens is 295 g/mol. The van der Waals surface area contributed by atoms with Crippen LogP contribution in [-0.2, 0) is 6.54 Å². The maximum absolute atomic E-state index is 11.8. The minimum atomic E-state index is -0.273. The Hall–Kier alpha value is -1.71. The summed E-state index contributed by atoms with van der Waals surface area (Å²) in [6.07, 6.45) is 0. The number of benzene rings is 2. The van der Waals surface area contributed by atoms with E-state index in [0.717, 1.165) is 11.1 Å². The van der Waals surface area contributed by atoms with E-state index in [0.29, 0.717) is 22.3 Å². The molecule has 0 bridgehead atoms. The van der Waals surface area contributed by atoms with E-state index in [4.69, 9.17) is 23.2 Å². The number of halogens is 2. The summed E-state index contributed by atoms with van der Waals surface area (Å²) in [7, 11) is 0. The summed E-state index contributed by atoms with van der Waals surface area (Å²) in [6.45, 7) is 2.29. The third-order valence-electron chi connectivity index (χ3n) is 2.88. The molecule has 0 aliphatic heterocycles. The SMILES string of the molecule is Cc1c(Cl)cccc1NC(=O)NCc1ccc(Cl)cc1. The van der Waals surface area contributed by atoms with Crippen LogP contribution in [0.2, 0.25) is 10.0 Å². The lowest BCUT2D eigenvalue weighted by molar-refractivity contribution is 0.251. The lowest BCUT2D eigenvalue weighted by Gasteiger charge is -2.10. The van der Waals surface area contributed by atoms with E-state index in [1.807, 2.05) is 25.1 Å². The number of anilines is 1. The number of amides is 2. The fourth-order valence-electron chi connectivity index (χ4n) is 1.69. The summed E-state index contributed by atoms with van der Waals surface area (Å²) in [5.74, 6) is 0. The van der Waals surface area contributed by atoms with Gasteiger partial charge in [-0.2, -0.15) is 0 Å². The number of nitrogens with one attached hydrogen (secondary N) is 2. The molecule has 0 saturated carbocycles. The minimum absolute atomic E-state index is 0.273. The van der Waals surface area contributed by atoms with Crippen molar-refractivity contribution in [2.45, 2.75) is 13.5 Å². The van der Waals surface area contributed by atoms with Crippen molar-refractivity contribution in [1.29, 1.82) is 0 Å². The Labute approximate surface area is 127 Å². The molecule has 0 unspecified atom stereocenters. The Morgan fingerprint density at radius 2 is 1.80 bits per heavy atom. The first-order valence-corrected chi connectivity index (χ1v) is 6.86. The van der Waals surface area contributed by atoms with E-state index in [2.05, 4.69) is 10.6 Å². The maximum atomic E-state index is 11.8. The van der Waals surface area contributed by atoms with Crippen molar-refractivity contribution in [3.63, 3.8) is 0 Å². The Morgan fingerprint density at radius 1 is 1.10 bits per heavy atom. The molecule has 104 valence electrons. The summed E-state index contributed by atoms with van der Waals surface area (Å²) in [4.78, 5) is 11.8. The molecule has 2 N–H and O–H groups in total. The molecule has 0 radical (unpaired) electrons. The molecule has 0 aliphatic rings. The first-order valence-electron chi connectivity index (χ1n) is 6.10. The van der Waals surface area contributed by atoms with Crippen LogP contribution in [0.25, 0.3) is 0 Å². The largest absolute Gasteiger partial charge is 0.334 e. The van der Waals surface area contributed by atoms with Crippen LogP contribution in [0, 0.1) is 6.92 Å². The first-order chi connectivity index (χ1) is 9.56. The van der Waals surface area contributed by atoms with Crippen molar-refractivity contribution < 1.29 is 4.79 Å². The predicted molar refractivity (Wildman–Crippen MR) is 83.5 cm³/mol. The van der Waals surface area contributed by atoms with Crippen molar-refractivity contribution >= 4 is 34.9 Å². The van der Waals surface area contributed by atoms with Crippen LogP contribution in [0.1, 0.15) is 11.1 Å². The van der Waals surface area contributed by atoms with Crippen LogP contribution in [0.4, 0.5) is 10.5 Å². The van der Waals surface area contributed by atoms with Crippen LogP contribution in [0.3, 0.4) is 0 Å². The van der Waals surface area contributed by atoms with Crippen molar-refractivity contribution in [3.05, 3.63) is 63.6 Å². The molecule has 0 fully saturated rings. The third kappa shape index (κ3) is 3.89. The standard InChI is InChI=1S/C15H14Cl2N2O/c1-10-13(17)3-2-4-14(10)19-15(20)18-9-11-5-7-12(16)8-6-11/h2-8H,9H2,1H3,(H2,18,19,20). The first kappa shape index (κ1) is 14.7. The molecule has 2 rings (SSSR count). The monoisotopic (exact) mass is 308 g/mol. The fraction of sp³-hybridized carbons (Fsp3) is 0.133. The van der Waals surface area contributed by atoms with Gasteiger partial charge in [-0.3, -0.25) is 0 Å². The number of hydrogen-bond donors (Lipinski definition) is 2. The molecule has 0 atom stereocenters. The highest BCUT2D eigenvalue weighted by atomic mass is 35.5. The van der Waals surface area contributed by atoms with Crippen molar-refractivity contribution in [2.24, 2.45) is 0 Å². The lowest BCUT2D eigenvalue weighted by Crippen LogP contribution is -2.28. The Morgan fingerprint density at radius 3 is 2.50 bits per heavy atom. The quantitative estimate of drug-likeness (QED) is 0.853. The Kier molecular flexibility index (Phi) is 4.88.